The van der Waals surface area contributed by atoms with Gasteiger partial charge in [0.15, 0.2) is 6.10 Å². The molecule has 0 spiro atoms. The van der Waals surface area contributed by atoms with Crippen molar-refractivity contribution < 1.29 is 9.63 Å². The highest BCUT2D eigenvalue weighted by molar-refractivity contribution is 6.04. The Kier molecular flexibility index (Phi) is 3.46. The minimum Gasteiger partial charge on any atom is -0.387 e. The van der Waals surface area contributed by atoms with Crippen LogP contribution >= 0.6 is 0 Å². The summed E-state index contributed by atoms with van der Waals surface area (Å²) in [4.78, 5) is 17.5. The number of nitrogens with zero attached hydrogens (tertiary/aromatic N) is 1. The number of anilines is 1. The lowest BCUT2D eigenvalue weighted by molar-refractivity contribution is 0.0861. The van der Waals surface area contributed by atoms with Gasteiger partial charge in [-0.1, -0.05) is 41.6 Å². The molecule has 1 aliphatic heterocycles. The molecule has 2 aromatic rings. The molecule has 1 heterocycles. The molecule has 4 nitrogen and oxygen atoms in total. The van der Waals surface area contributed by atoms with Crippen molar-refractivity contribution in [3.63, 3.8) is 0 Å². The van der Waals surface area contributed by atoms with Crippen molar-refractivity contribution in [3.05, 3.63) is 65.7 Å². The van der Waals surface area contributed by atoms with Crippen LogP contribution in [-0.4, -0.2) is 12.1 Å². The summed E-state index contributed by atoms with van der Waals surface area (Å²) < 4.78 is 0. The highest BCUT2D eigenvalue weighted by atomic mass is 16.6. The van der Waals surface area contributed by atoms with E-state index in [4.69, 9.17) is 4.84 Å². The van der Waals surface area contributed by atoms with Crippen molar-refractivity contribution in [3.8, 4) is 0 Å². The normalized spacial score (nSPS) is 16.7. The first-order chi connectivity index (χ1) is 9.84. The van der Waals surface area contributed by atoms with Gasteiger partial charge in [-0.25, -0.2) is 0 Å². The third-order valence-corrected chi connectivity index (χ3v) is 3.17. The van der Waals surface area contributed by atoms with Crippen LogP contribution in [0.2, 0.25) is 0 Å². The number of nitrogens with one attached hydrogen (secondary N) is 1. The molecule has 0 fully saturated rings. The van der Waals surface area contributed by atoms with Gasteiger partial charge in [-0.2, -0.15) is 0 Å². The van der Waals surface area contributed by atoms with E-state index in [0.29, 0.717) is 5.56 Å². The lowest BCUT2D eigenvalue weighted by atomic mass is 10.0. The van der Waals surface area contributed by atoms with Crippen molar-refractivity contribution >= 4 is 17.8 Å². The molecule has 1 N–H and O–H groups in total. The number of rotatable bonds is 3. The smallest absolute Gasteiger partial charge is 0.255 e. The zero-order valence-electron chi connectivity index (χ0n) is 10.8. The summed E-state index contributed by atoms with van der Waals surface area (Å²) >= 11 is 0. The summed E-state index contributed by atoms with van der Waals surface area (Å²) in [6.07, 6.45) is 2.33. The third kappa shape index (κ3) is 2.54. The van der Waals surface area contributed by atoms with Gasteiger partial charge in [0.1, 0.15) is 0 Å². The predicted octanol–water partition coefficient (Wildman–Crippen LogP) is 3.39. The SMILES string of the molecule is O=C(Nc1ccccc1[C@H]1CC=NO1)c1ccccc1. The number of para-hydroxylation sites is 1. The first kappa shape index (κ1) is 12.4. The predicted molar refractivity (Wildman–Crippen MR) is 77.8 cm³/mol. The Balaban J connectivity index is 1.82. The summed E-state index contributed by atoms with van der Waals surface area (Å²) in [5, 5.41) is 6.71. The Labute approximate surface area is 117 Å². The number of hydrogen-bond donors (Lipinski definition) is 1. The van der Waals surface area contributed by atoms with Gasteiger partial charge >= 0.3 is 0 Å². The standard InChI is InChI=1S/C16H14N2O2/c19-16(12-6-2-1-3-7-12)18-14-9-5-4-8-13(14)15-10-11-17-20-15/h1-9,11,15H,10H2,(H,18,19)/t15-/m1/s1. The average Bonchev–Trinajstić information content (AvgIpc) is 3.03. The van der Waals surface area contributed by atoms with Crippen molar-refractivity contribution in [1.29, 1.82) is 0 Å². The van der Waals surface area contributed by atoms with Crippen LogP contribution in [0.3, 0.4) is 0 Å². The second-order valence-corrected chi connectivity index (χ2v) is 4.53. The Morgan fingerprint density at radius 3 is 2.60 bits per heavy atom. The maximum absolute atomic E-state index is 12.2. The van der Waals surface area contributed by atoms with Crippen LogP contribution < -0.4 is 5.32 Å². The van der Waals surface area contributed by atoms with Gasteiger partial charge in [0, 0.05) is 29.4 Å². The Bertz CT molecular complexity index is 630. The fraction of sp³-hybridized carbons (Fsp3) is 0.125. The summed E-state index contributed by atoms with van der Waals surface area (Å²) in [6.45, 7) is 0. The highest BCUT2D eigenvalue weighted by Crippen LogP contribution is 2.30. The van der Waals surface area contributed by atoms with Crippen molar-refractivity contribution in [1.82, 2.24) is 0 Å². The van der Waals surface area contributed by atoms with Crippen LogP contribution in [0, 0.1) is 0 Å². The number of benzene rings is 2. The number of hydrogen-bond acceptors (Lipinski definition) is 3. The minimum absolute atomic E-state index is 0.123. The Morgan fingerprint density at radius 2 is 1.85 bits per heavy atom. The maximum atomic E-state index is 12.2. The van der Waals surface area contributed by atoms with E-state index >= 15 is 0 Å². The summed E-state index contributed by atoms with van der Waals surface area (Å²) in [5.41, 5.74) is 2.33. The molecule has 0 unspecified atom stereocenters. The number of amides is 1. The Morgan fingerprint density at radius 1 is 1.10 bits per heavy atom. The second-order valence-electron chi connectivity index (χ2n) is 4.53. The molecule has 1 amide bonds. The first-order valence-electron chi connectivity index (χ1n) is 6.47. The number of oxime groups is 1. The van der Waals surface area contributed by atoms with E-state index in [1.165, 1.54) is 0 Å². The molecule has 0 saturated heterocycles. The van der Waals surface area contributed by atoms with E-state index in [-0.39, 0.29) is 12.0 Å². The average molecular weight is 266 g/mol. The minimum atomic E-state index is -0.128. The van der Waals surface area contributed by atoms with Gasteiger partial charge in [0.05, 0.1) is 0 Å². The van der Waals surface area contributed by atoms with Gasteiger partial charge in [0.2, 0.25) is 0 Å². The Hall–Kier alpha value is -2.62. The van der Waals surface area contributed by atoms with Crippen molar-refractivity contribution in [2.24, 2.45) is 5.16 Å². The molecule has 4 heteroatoms. The zero-order chi connectivity index (χ0) is 13.8. The quantitative estimate of drug-likeness (QED) is 0.925. The molecule has 3 rings (SSSR count). The molecule has 1 aliphatic rings. The van der Waals surface area contributed by atoms with E-state index in [0.717, 1.165) is 17.7 Å². The fourth-order valence-electron chi connectivity index (χ4n) is 2.16. The summed E-state index contributed by atoms with van der Waals surface area (Å²) in [7, 11) is 0. The van der Waals surface area contributed by atoms with Gasteiger partial charge in [-0.15, -0.1) is 0 Å². The number of carbonyl (C=O) groups is 1. The topological polar surface area (TPSA) is 50.7 Å². The van der Waals surface area contributed by atoms with Crippen LogP contribution in [0.5, 0.6) is 0 Å². The molecule has 1 atom stereocenters. The van der Waals surface area contributed by atoms with E-state index in [1.54, 1.807) is 18.3 Å². The van der Waals surface area contributed by atoms with Gasteiger partial charge in [0.25, 0.3) is 5.91 Å². The first-order valence-corrected chi connectivity index (χ1v) is 6.47. The monoisotopic (exact) mass is 266 g/mol. The highest BCUT2D eigenvalue weighted by Gasteiger charge is 2.20. The summed E-state index contributed by atoms with van der Waals surface area (Å²) in [6, 6.07) is 16.8. The number of carbonyl (C=O) groups excluding carboxylic acids is 1. The van der Waals surface area contributed by atoms with Crippen LogP contribution in [0.25, 0.3) is 0 Å². The lowest BCUT2D eigenvalue weighted by Crippen LogP contribution is -2.14. The van der Waals surface area contributed by atoms with Crippen LogP contribution in [-0.2, 0) is 4.84 Å². The van der Waals surface area contributed by atoms with Gasteiger partial charge in [-0.05, 0) is 18.2 Å². The van der Waals surface area contributed by atoms with Crippen molar-refractivity contribution in [2.45, 2.75) is 12.5 Å². The summed E-state index contributed by atoms with van der Waals surface area (Å²) in [5.74, 6) is -0.128. The molecular formula is C16H14N2O2. The van der Waals surface area contributed by atoms with Gasteiger partial charge in [-0.3, -0.25) is 4.79 Å². The molecule has 2 aromatic carbocycles. The molecular weight excluding hydrogens is 252 g/mol. The fourth-order valence-corrected chi connectivity index (χ4v) is 2.16. The van der Waals surface area contributed by atoms with E-state index in [9.17, 15) is 4.79 Å². The molecule has 0 saturated carbocycles. The van der Waals surface area contributed by atoms with Crippen LogP contribution in [0.15, 0.2) is 59.8 Å². The van der Waals surface area contributed by atoms with Crippen molar-refractivity contribution in [2.75, 3.05) is 5.32 Å². The molecule has 20 heavy (non-hydrogen) atoms. The van der Waals surface area contributed by atoms with E-state index in [1.807, 2.05) is 42.5 Å². The lowest BCUT2D eigenvalue weighted by Gasteiger charge is -2.14. The zero-order valence-corrected chi connectivity index (χ0v) is 10.8. The third-order valence-electron chi connectivity index (χ3n) is 3.17. The van der Waals surface area contributed by atoms with Crippen LogP contribution in [0.4, 0.5) is 5.69 Å². The largest absolute Gasteiger partial charge is 0.387 e. The maximum Gasteiger partial charge on any atom is 0.255 e. The molecule has 100 valence electrons. The van der Waals surface area contributed by atoms with E-state index < -0.39 is 0 Å². The van der Waals surface area contributed by atoms with E-state index in [2.05, 4.69) is 10.5 Å². The molecule has 0 aliphatic carbocycles. The molecule has 0 aromatic heterocycles. The molecule has 0 bridgehead atoms. The van der Waals surface area contributed by atoms with Crippen LogP contribution in [0.1, 0.15) is 28.4 Å². The second kappa shape index (κ2) is 5.57. The van der Waals surface area contributed by atoms with Gasteiger partial charge < -0.3 is 10.2 Å². The molecule has 0 radical (unpaired) electrons.